The number of hydrogen-bond donors (Lipinski definition) is 1. The molecule has 2 aromatic carbocycles. The molecule has 0 saturated heterocycles. The monoisotopic (exact) mass is 355 g/mol. The van der Waals surface area contributed by atoms with Gasteiger partial charge < -0.3 is 10.1 Å². The number of alkyl halides is 1. The summed E-state index contributed by atoms with van der Waals surface area (Å²) in [5.74, 6) is 0.904. The van der Waals surface area contributed by atoms with Crippen molar-refractivity contribution in [1.82, 2.24) is 9.78 Å². The van der Waals surface area contributed by atoms with Crippen LogP contribution in [0.5, 0.6) is 5.75 Å². The van der Waals surface area contributed by atoms with Crippen LogP contribution in [0.2, 0.25) is 0 Å². The maximum absolute atomic E-state index is 11.8. The van der Waals surface area contributed by atoms with Crippen LogP contribution in [0.4, 0.5) is 5.82 Å². The van der Waals surface area contributed by atoms with Gasteiger partial charge in [-0.05, 0) is 31.2 Å². The molecule has 1 amide bonds. The van der Waals surface area contributed by atoms with Gasteiger partial charge in [-0.1, -0.05) is 29.8 Å². The van der Waals surface area contributed by atoms with Gasteiger partial charge in [0.05, 0.1) is 18.5 Å². The summed E-state index contributed by atoms with van der Waals surface area (Å²) in [5.41, 5.74) is 3.62. The number of hydrogen-bond acceptors (Lipinski definition) is 3. The second-order valence-corrected chi connectivity index (χ2v) is 5.84. The second kappa shape index (κ2) is 7.40. The van der Waals surface area contributed by atoms with E-state index < -0.39 is 0 Å². The van der Waals surface area contributed by atoms with E-state index in [2.05, 4.69) is 10.4 Å². The van der Waals surface area contributed by atoms with Crippen LogP contribution in [0.1, 0.15) is 5.56 Å². The number of anilines is 1. The Morgan fingerprint density at radius 2 is 1.96 bits per heavy atom. The standard InChI is InChI=1S/C19H18ClN3O2/c1-13-6-8-15(9-7-13)23-18(21-19(24)12-20)11-17(22-23)14-4-3-5-16(10-14)25-2/h3-11H,12H2,1-2H3,(H,21,24). The molecular formula is C19H18ClN3O2. The minimum atomic E-state index is -0.285. The van der Waals surface area contributed by atoms with Gasteiger partial charge in [0.25, 0.3) is 0 Å². The first-order chi connectivity index (χ1) is 12.1. The molecule has 0 unspecified atom stereocenters. The van der Waals surface area contributed by atoms with Crippen LogP contribution in [-0.2, 0) is 4.79 Å². The molecule has 0 aliphatic carbocycles. The Morgan fingerprint density at radius 3 is 2.64 bits per heavy atom. The van der Waals surface area contributed by atoms with E-state index in [-0.39, 0.29) is 11.8 Å². The average molecular weight is 356 g/mol. The lowest BCUT2D eigenvalue weighted by Crippen LogP contribution is -2.15. The van der Waals surface area contributed by atoms with Crippen molar-refractivity contribution >= 4 is 23.3 Å². The highest BCUT2D eigenvalue weighted by molar-refractivity contribution is 6.29. The van der Waals surface area contributed by atoms with Gasteiger partial charge in [-0.15, -0.1) is 11.6 Å². The van der Waals surface area contributed by atoms with Crippen LogP contribution >= 0.6 is 11.6 Å². The van der Waals surface area contributed by atoms with Crippen molar-refractivity contribution in [2.45, 2.75) is 6.92 Å². The van der Waals surface area contributed by atoms with Gasteiger partial charge in [-0.25, -0.2) is 4.68 Å². The van der Waals surface area contributed by atoms with E-state index >= 15 is 0 Å². The van der Waals surface area contributed by atoms with E-state index in [0.29, 0.717) is 5.82 Å². The molecule has 3 aromatic rings. The normalized spacial score (nSPS) is 10.5. The Bertz CT molecular complexity index is 888. The number of rotatable bonds is 5. The first-order valence-corrected chi connectivity index (χ1v) is 8.31. The molecule has 0 atom stereocenters. The molecular weight excluding hydrogens is 338 g/mol. The Hall–Kier alpha value is -2.79. The zero-order valence-corrected chi connectivity index (χ0v) is 14.7. The quantitative estimate of drug-likeness (QED) is 0.703. The maximum Gasteiger partial charge on any atom is 0.240 e. The number of aryl methyl sites for hydroxylation is 1. The van der Waals surface area contributed by atoms with Crippen molar-refractivity contribution < 1.29 is 9.53 Å². The second-order valence-electron chi connectivity index (χ2n) is 5.58. The molecule has 25 heavy (non-hydrogen) atoms. The Kier molecular flexibility index (Phi) is 5.05. The number of benzene rings is 2. The number of amides is 1. The summed E-state index contributed by atoms with van der Waals surface area (Å²) in [6.07, 6.45) is 0. The van der Waals surface area contributed by atoms with E-state index in [1.165, 1.54) is 0 Å². The van der Waals surface area contributed by atoms with Gasteiger partial charge in [-0.2, -0.15) is 5.10 Å². The Labute approximate surface area is 151 Å². The summed E-state index contributed by atoms with van der Waals surface area (Å²) in [5, 5.41) is 7.44. The van der Waals surface area contributed by atoms with E-state index in [0.717, 1.165) is 28.3 Å². The number of methoxy groups -OCH3 is 1. The van der Waals surface area contributed by atoms with Crippen molar-refractivity contribution in [3.8, 4) is 22.7 Å². The van der Waals surface area contributed by atoms with E-state index in [4.69, 9.17) is 16.3 Å². The molecule has 1 N–H and O–H groups in total. The van der Waals surface area contributed by atoms with Crippen LogP contribution in [0.25, 0.3) is 16.9 Å². The predicted molar refractivity (Wildman–Crippen MR) is 99.6 cm³/mol. The van der Waals surface area contributed by atoms with Gasteiger partial charge >= 0.3 is 0 Å². The highest BCUT2D eigenvalue weighted by Gasteiger charge is 2.14. The van der Waals surface area contributed by atoms with Crippen LogP contribution in [0, 0.1) is 6.92 Å². The van der Waals surface area contributed by atoms with Crippen molar-refractivity contribution in [2.24, 2.45) is 0 Å². The molecule has 0 aliphatic heterocycles. The van der Waals surface area contributed by atoms with Crippen LogP contribution in [-0.4, -0.2) is 28.7 Å². The first kappa shape index (κ1) is 17.0. The van der Waals surface area contributed by atoms with E-state index in [9.17, 15) is 4.79 Å². The number of carbonyl (C=O) groups excluding carboxylic acids is 1. The maximum atomic E-state index is 11.8. The van der Waals surface area contributed by atoms with Crippen molar-refractivity contribution in [2.75, 3.05) is 18.3 Å². The first-order valence-electron chi connectivity index (χ1n) is 7.78. The lowest BCUT2D eigenvalue weighted by atomic mass is 10.1. The number of ether oxygens (including phenoxy) is 1. The van der Waals surface area contributed by atoms with Crippen LogP contribution < -0.4 is 10.1 Å². The summed E-state index contributed by atoms with van der Waals surface area (Å²) in [6.45, 7) is 2.02. The highest BCUT2D eigenvalue weighted by atomic mass is 35.5. The molecule has 1 heterocycles. The molecule has 5 nitrogen and oxygen atoms in total. The lowest BCUT2D eigenvalue weighted by Gasteiger charge is -2.08. The zero-order valence-electron chi connectivity index (χ0n) is 14.0. The number of nitrogens with one attached hydrogen (secondary N) is 1. The molecule has 1 aromatic heterocycles. The summed E-state index contributed by atoms with van der Waals surface area (Å²) in [7, 11) is 1.62. The smallest absolute Gasteiger partial charge is 0.240 e. The minimum absolute atomic E-state index is 0.117. The molecule has 0 spiro atoms. The molecule has 0 saturated carbocycles. The fourth-order valence-electron chi connectivity index (χ4n) is 2.45. The van der Waals surface area contributed by atoms with Crippen LogP contribution in [0.15, 0.2) is 54.6 Å². The topological polar surface area (TPSA) is 56.1 Å². The minimum Gasteiger partial charge on any atom is -0.497 e. The lowest BCUT2D eigenvalue weighted by molar-refractivity contribution is -0.114. The SMILES string of the molecule is COc1cccc(-c2cc(NC(=O)CCl)n(-c3ccc(C)cc3)n2)c1. The third-order valence-electron chi connectivity index (χ3n) is 3.74. The summed E-state index contributed by atoms with van der Waals surface area (Å²) < 4.78 is 6.96. The number of nitrogens with zero attached hydrogens (tertiary/aromatic N) is 2. The third-order valence-corrected chi connectivity index (χ3v) is 3.99. The van der Waals surface area contributed by atoms with E-state index in [1.54, 1.807) is 11.8 Å². The molecule has 3 rings (SSSR count). The fraction of sp³-hybridized carbons (Fsp3) is 0.158. The molecule has 0 fully saturated rings. The average Bonchev–Trinajstić information content (AvgIpc) is 3.06. The molecule has 128 valence electrons. The largest absolute Gasteiger partial charge is 0.497 e. The van der Waals surface area contributed by atoms with Gasteiger partial charge in [0.15, 0.2) is 0 Å². The summed E-state index contributed by atoms with van der Waals surface area (Å²) in [4.78, 5) is 11.8. The summed E-state index contributed by atoms with van der Waals surface area (Å²) in [6, 6.07) is 17.3. The van der Waals surface area contributed by atoms with Gasteiger partial charge in [-0.3, -0.25) is 4.79 Å². The molecule has 0 radical (unpaired) electrons. The van der Waals surface area contributed by atoms with E-state index in [1.807, 2.05) is 61.5 Å². The number of aromatic nitrogens is 2. The molecule has 0 bridgehead atoms. The number of carbonyl (C=O) groups is 1. The van der Waals surface area contributed by atoms with Gasteiger partial charge in [0, 0.05) is 11.6 Å². The highest BCUT2D eigenvalue weighted by Crippen LogP contribution is 2.27. The van der Waals surface area contributed by atoms with Crippen LogP contribution in [0.3, 0.4) is 0 Å². The zero-order chi connectivity index (χ0) is 17.8. The molecule has 0 aliphatic rings. The molecule has 6 heteroatoms. The third kappa shape index (κ3) is 3.83. The fourth-order valence-corrected chi connectivity index (χ4v) is 2.52. The predicted octanol–water partition coefficient (Wildman–Crippen LogP) is 4.03. The Morgan fingerprint density at radius 1 is 1.20 bits per heavy atom. The van der Waals surface area contributed by atoms with Crippen molar-refractivity contribution in [3.63, 3.8) is 0 Å². The van der Waals surface area contributed by atoms with Gasteiger partial charge in [0.1, 0.15) is 17.4 Å². The van der Waals surface area contributed by atoms with Crippen molar-refractivity contribution in [3.05, 3.63) is 60.2 Å². The Balaban J connectivity index is 2.07. The van der Waals surface area contributed by atoms with Crippen molar-refractivity contribution in [1.29, 1.82) is 0 Å². The number of halogens is 1. The van der Waals surface area contributed by atoms with Gasteiger partial charge in [0.2, 0.25) is 5.91 Å². The summed E-state index contributed by atoms with van der Waals surface area (Å²) >= 11 is 5.63.